The molecule has 5 heteroatoms. The number of anilines is 1. The van der Waals surface area contributed by atoms with Crippen LogP contribution in [0.4, 0.5) is 10.1 Å². The molecule has 0 saturated carbocycles. The molecule has 2 aromatic carbocycles. The van der Waals surface area contributed by atoms with E-state index in [1.54, 1.807) is 0 Å². The lowest BCUT2D eigenvalue weighted by Gasteiger charge is -2.21. The van der Waals surface area contributed by atoms with Crippen LogP contribution in [-0.4, -0.2) is 18.4 Å². The summed E-state index contributed by atoms with van der Waals surface area (Å²) in [7, 11) is 0. The third-order valence-corrected chi connectivity index (χ3v) is 3.65. The maximum atomic E-state index is 13.0. The molecule has 0 aromatic heterocycles. The van der Waals surface area contributed by atoms with Crippen molar-refractivity contribution in [2.45, 2.75) is 26.8 Å². The molecule has 0 aliphatic rings. The number of benzene rings is 2. The Bertz CT molecular complexity index is 714. The molecular formula is C19H21FN2O2. The highest BCUT2D eigenvalue weighted by atomic mass is 19.1. The second kappa shape index (κ2) is 8.24. The van der Waals surface area contributed by atoms with Gasteiger partial charge in [0, 0.05) is 32.1 Å². The van der Waals surface area contributed by atoms with Gasteiger partial charge in [-0.15, -0.1) is 0 Å². The molecule has 0 spiro atoms. The number of amides is 2. The third kappa shape index (κ3) is 5.19. The van der Waals surface area contributed by atoms with Gasteiger partial charge in [-0.05, 0) is 36.8 Å². The van der Waals surface area contributed by atoms with Crippen molar-refractivity contribution in [2.75, 3.05) is 11.4 Å². The molecule has 0 aliphatic carbocycles. The molecule has 0 fully saturated rings. The second-order valence-corrected chi connectivity index (χ2v) is 5.66. The number of hydrogen-bond donors (Lipinski definition) is 1. The van der Waals surface area contributed by atoms with Crippen molar-refractivity contribution in [2.24, 2.45) is 0 Å². The average molecular weight is 328 g/mol. The van der Waals surface area contributed by atoms with Crippen LogP contribution < -0.4 is 10.2 Å². The van der Waals surface area contributed by atoms with E-state index in [9.17, 15) is 14.0 Å². The predicted octanol–water partition coefficient (Wildman–Crippen LogP) is 3.19. The molecule has 24 heavy (non-hydrogen) atoms. The first-order valence-corrected chi connectivity index (χ1v) is 7.81. The minimum Gasteiger partial charge on any atom is -0.352 e. The smallest absolute Gasteiger partial charge is 0.223 e. The number of carbonyl (C=O) groups is 2. The molecule has 2 rings (SSSR count). The summed E-state index contributed by atoms with van der Waals surface area (Å²) in [4.78, 5) is 25.2. The van der Waals surface area contributed by atoms with Gasteiger partial charge in [0.2, 0.25) is 11.8 Å². The molecule has 126 valence electrons. The molecule has 0 bridgehead atoms. The van der Waals surface area contributed by atoms with Crippen molar-refractivity contribution < 1.29 is 14.0 Å². The van der Waals surface area contributed by atoms with Gasteiger partial charge < -0.3 is 10.2 Å². The summed E-state index contributed by atoms with van der Waals surface area (Å²) in [5, 5.41) is 2.84. The Morgan fingerprint density at radius 1 is 1.12 bits per heavy atom. The first kappa shape index (κ1) is 17.7. The van der Waals surface area contributed by atoms with Gasteiger partial charge in [0.25, 0.3) is 0 Å². The van der Waals surface area contributed by atoms with Crippen LogP contribution >= 0.6 is 0 Å². The number of nitrogens with zero attached hydrogens (tertiary/aromatic N) is 1. The summed E-state index contributed by atoms with van der Waals surface area (Å²) in [6.45, 7) is 4.13. The Hall–Kier alpha value is -2.69. The number of rotatable bonds is 6. The van der Waals surface area contributed by atoms with Gasteiger partial charge in [0.15, 0.2) is 0 Å². The maximum absolute atomic E-state index is 13.0. The molecule has 0 saturated heterocycles. The van der Waals surface area contributed by atoms with Crippen molar-refractivity contribution in [1.29, 1.82) is 0 Å². The molecule has 1 N–H and O–H groups in total. The van der Waals surface area contributed by atoms with E-state index in [1.165, 1.54) is 36.1 Å². The molecule has 0 unspecified atom stereocenters. The van der Waals surface area contributed by atoms with Crippen molar-refractivity contribution in [3.63, 3.8) is 0 Å². The van der Waals surface area contributed by atoms with Gasteiger partial charge in [-0.2, -0.15) is 0 Å². The van der Waals surface area contributed by atoms with Crippen molar-refractivity contribution in [3.8, 4) is 0 Å². The summed E-state index contributed by atoms with van der Waals surface area (Å²) in [5.41, 5.74) is 2.75. The van der Waals surface area contributed by atoms with Crippen molar-refractivity contribution in [1.82, 2.24) is 5.32 Å². The van der Waals surface area contributed by atoms with E-state index in [1.807, 2.05) is 31.2 Å². The van der Waals surface area contributed by atoms with Gasteiger partial charge in [-0.25, -0.2) is 4.39 Å². The number of halogens is 1. The first-order valence-electron chi connectivity index (χ1n) is 7.81. The Labute approximate surface area is 141 Å². The molecular weight excluding hydrogens is 307 g/mol. The number of aryl methyl sites for hydroxylation is 1. The highest BCUT2D eigenvalue weighted by Crippen LogP contribution is 2.15. The van der Waals surface area contributed by atoms with Crippen molar-refractivity contribution >= 4 is 17.5 Å². The van der Waals surface area contributed by atoms with E-state index >= 15 is 0 Å². The zero-order valence-electron chi connectivity index (χ0n) is 13.9. The monoisotopic (exact) mass is 328 g/mol. The lowest BCUT2D eigenvalue weighted by molar-refractivity contribution is -0.121. The molecule has 0 atom stereocenters. The Kier molecular flexibility index (Phi) is 6.07. The number of nitrogens with one attached hydrogen (secondary N) is 1. The summed E-state index contributed by atoms with van der Waals surface area (Å²) < 4.78 is 13.0. The van der Waals surface area contributed by atoms with Gasteiger partial charge >= 0.3 is 0 Å². The van der Waals surface area contributed by atoms with E-state index in [4.69, 9.17) is 0 Å². The summed E-state index contributed by atoms with van der Waals surface area (Å²) >= 11 is 0. The minimum absolute atomic E-state index is 0.134. The van der Waals surface area contributed by atoms with Crippen LogP contribution in [0.1, 0.15) is 24.5 Å². The van der Waals surface area contributed by atoms with Gasteiger partial charge in [-0.1, -0.05) is 29.8 Å². The summed E-state index contributed by atoms with van der Waals surface area (Å²) in [6.07, 6.45) is 0.183. The largest absolute Gasteiger partial charge is 0.352 e. The van der Waals surface area contributed by atoms with Crippen LogP contribution in [-0.2, 0) is 16.1 Å². The Morgan fingerprint density at radius 2 is 1.83 bits per heavy atom. The molecule has 0 aliphatic heterocycles. The summed E-state index contributed by atoms with van der Waals surface area (Å²) in [5.74, 6) is -0.684. The lowest BCUT2D eigenvalue weighted by Crippen LogP contribution is -2.33. The van der Waals surface area contributed by atoms with E-state index in [0.29, 0.717) is 12.2 Å². The quantitative estimate of drug-likeness (QED) is 0.885. The SMILES string of the molecule is CC(=O)N(CCC(=O)NCc1cccc(C)c1)c1ccc(F)cc1. The minimum atomic E-state index is -0.363. The third-order valence-electron chi connectivity index (χ3n) is 3.65. The maximum Gasteiger partial charge on any atom is 0.223 e. The van der Waals surface area contributed by atoms with Crippen LogP contribution in [0.25, 0.3) is 0 Å². The van der Waals surface area contributed by atoms with Gasteiger partial charge in [0.05, 0.1) is 0 Å². The number of hydrogen-bond acceptors (Lipinski definition) is 2. The standard InChI is InChI=1S/C19H21FN2O2/c1-14-4-3-5-16(12-14)13-21-19(24)10-11-22(15(2)23)18-8-6-17(20)7-9-18/h3-9,12H,10-11,13H2,1-2H3,(H,21,24). The highest BCUT2D eigenvalue weighted by molar-refractivity contribution is 5.92. The first-order chi connectivity index (χ1) is 11.5. The van der Waals surface area contributed by atoms with Crippen LogP contribution in [0, 0.1) is 12.7 Å². The fourth-order valence-electron chi connectivity index (χ4n) is 2.41. The fraction of sp³-hybridized carbons (Fsp3) is 0.263. The molecule has 2 aromatic rings. The normalized spacial score (nSPS) is 10.3. The zero-order chi connectivity index (χ0) is 17.5. The van der Waals surface area contributed by atoms with E-state index in [0.717, 1.165) is 11.1 Å². The summed E-state index contributed by atoms with van der Waals surface area (Å²) in [6, 6.07) is 13.6. The van der Waals surface area contributed by atoms with Gasteiger partial charge in [-0.3, -0.25) is 9.59 Å². The van der Waals surface area contributed by atoms with E-state index in [-0.39, 0.29) is 30.6 Å². The number of carbonyl (C=O) groups excluding carboxylic acids is 2. The van der Waals surface area contributed by atoms with Crippen LogP contribution in [0.5, 0.6) is 0 Å². The molecule has 0 heterocycles. The Morgan fingerprint density at radius 3 is 2.46 bits per heavy atom. The van der Waals surface area contributed by atoms with E-state index in [2.05, 4.69) is 5.32 Å². The second-order valence-electron chi connectivity index (χ2n) is 5.66. The van der Waals surface area contributed by atoms with E-state index < -0.39 is 0 Å². The average Bonchev–Trinajstić information content (AvgIpc) is 2.54. The predicted molar refractivity (Wildman–Crippen MR) is 92.1 cm³/mol. The van der Waals surface area contributed by atoms with Crippen molar-refractivity contribution in [3.05, 3.63) is 65.5 Å². The van der Waals surface area contributed by atoms with Crippen LogP contribution in [0.3, 0.4) is 0 Å². The molecule has 4 nitrogen and oxygen atoms in total. The molecule has 0 radical (unpaired) electrons. The van der Waals surface area contributed by atoms with Crippen LogP contribution in [0.2, 0.25) is 0 Å². The lowest BCUT2D eigenvalue weighted by atomic mass is 10.1. The van der Waals surface area contributed by atoms with Crippen LogP contribution in [0.15, 0.2) is 48.5 Å². The topological polar surface area (TPSA) is 49.4 Å². The van der Waals surface area contributed by atoms with Gasteiger partial charge in [0.1, 0.15) is 5.82 Å². The fourth-order valence-corrected chi connectivity index (χ4v) is 2.41. The zero-order valence-corrected chi connectivity index (χ0v) is 13.9. The molecule has 2 amide bonds. The Balaban J connectivity index is 1.88. The highest BCUT2D eigenvalue weighted by Gasteiger charge is 2.13.